The molecule has 1 fully saturated rings. The SMILES string of the molecule is NCCc1ccn2c(C3CC3)nc(Cl)c2c1. The zero-order valence-corrected chi connectivity index (χ0v) is 9.74. The van der Waals surface area contributed by atoms with Crippen molar-refractivity contribution in [3.8, 4) is 0 Å². The smallest absolute Gasteiger partial charge is 0.155 e. The highest BCUT2D eigenvalue weighted by Gasteiger charge is 2.28. The highest BCUT2D eigenvalue weighted by Crippen LogP contribution is 2.40. The lowest BCUT2D eigenvalue weighted by molar-refractivity contribution is 0.911. The van der Waals surface area contributed by atoms with E-state index in [1.54, 1.807) is 0 Å². The molecule has 3 nitrogen and oxygen atoms in total. The third kappa shape index (κ3) is 1.60. The fraction of sp³-hybridized carbons (Fsp3) is 0.417. The summed E-state index contributed by atoms with van der Waals surface area (Å²) in [4.78, 5) is 4.45. The van der Waals surface area contributed by atoms with Crippen LogP contribution < -0.4 is 5.73 Å². The Morgan fingerprint density at radius 3 is 3.00 bits per heavy atom. The fourth-order valence-electron chi connectivity index (χ4n) is 2.07. The number of rotatable bonds is 3. The topological polar surface area (TPSA) is 43.3 Å². The van der Waals surface area contributed by atoms with Crippen LogP contribution in [0.5, 0.6) is 0 Å². The van der Waals surface area contributed by atoms with Gasteiger partial charge in [0.25, 0.3) is 0 Å². The summed E-state index contributed by atoms with van der Waals surface area (Å²) >= 11 is 6.16. The van der Waals surface area contributed by atoms with Gasteiger partial charge in [-0.15, -0.1) is 0 Å². The monoisotopic (exact) mass is 235 g/mol. The molecule has 0 amide bonds. The van der Waals surface area contributed by atoms with Gasteiger partial charge in [-0.1, -0.05) is 11.6 Å². The molecule has 1 saturated carbocycles. The van der Waals surface area contributed by atoms with E-state index in [0.29, 0.717) is 17.6 Å². The fourth-order valence-corrected chi connectivity index (χ4v) is 2.30. The average Bonchev–Trinajstić information content (AvgIpc) is 3.06. The minimum Gasteiger partial charge on any atom is -0.330 e. The normalized spacial score (nSPS) is 15.9. The molecule has 2 aromatic heterocycles. The maximum Gasteiger partial charge on any atom is 0.155 e. The lowest BCUT2D eigenvalue weighted by atomic mass is 10.2. The highest BCUT2D eigenvalue weighted by molar-refractivity contribution is 6.32. The Morgan fingerprint density at radius 1 is 1.50 bits per heavy atom. The van der Waals surface area contributed by atoms with Crippen LogP contribution >= 0.6 is 11.6 Å². The molecule has 3 rings (SSSR count). The number of hydrogen-bond acceptors (Lipinski definition) is 2. The van der Waals surface area contributed by atoms with Crippen LogP contribution in [-0.4, -0.2) is 15.9 Å². The Hall–Kier alpha value is -1.06. The molecular formula is C12H14ClN3. The van der Waals surface area contributed by atoms with Crippen LogP contribution in [0.15, 0.2) is 18.3 Å². The first-order valence-electron chi connectivity index (χ1n) is 5.66. The van der Waals surface area contributed by atoms with E-state index in [4.69, 9.17) is 17.3 Å². The van der Waals surface area contributed by atoms with Gasteiger partial charge in [0, 0.05) is 12.1 Å². The minimum atomic E-state index is 0.611. The van der Waals surface area contributed by atoms with E-state index in [1.165, 1.54) is 18.4 Å². The minimum absolute atomic E-state index is 0.611. The van der Waals surface area contributed by atoms with Crippen molar-refractivity contribution < 1.29 is 0 Å². The molecule has 16 heavy (non-hydrogen) atoms. The Kier molecular flexibility index (Phi) is 2.37. The lowest BCUT2D eigenvalue weighted by Crippen LogP contribution is -2.03. The Labute approximate surface area is 99.2 Å². The molecule has 0 unspecified atom stereocenters. The van der Waals surface area contributed by atoms with Crippen molar-refractivity contribution in [3.05, 3.63) is 34.9 Å². The Morgan fingerprint density at radius 2 is 2.31 bits per heavy atom. The standard InChI is InChI=1S/C12H14ClN3/c13-11-10-7-8(3-5-14)4-6-16(10)12(15-11)9-1-2-9/h4,6-7,9H,1-3,5,14H2. The van der Waals surface area contributed by atoms with E-state index in [1.807, 2.05) is 0 Å². The summed E-state index contributed by atoms with van der Waals surface area (Å²) in [6.07, 6.45) is 5.42. The molecule has 0 atom stereocenters. The molecule has 0 radical (unpaired) electrons. The van der Waals surface area contributed by atoms with Crippen LogP contribution in [0.4, 0.5) is 0 Å². The Balaban J connectivity index is 2.12. The summed E-state index contributed by atoms with van der Waals surface area (Å²) in [5.41, 5.74) is 7.78. The number of imidazole rings is 1. The summed E-state index contributed by atoms with van der Waals surface area (Å²) in [7, 11) is 0. The first kappa shape index (κ1) is 10.1. The highest BCUT2D eigenvalue weighted by atomic mass is 35.5. The maximum atomic E-state index is 6.16. The van der Waals surface area contributed by atoms with E-state index < -0.39 is 0 Å². The van der Waals surface area contributed by atoms with E-state index >= 15 is 0 Å². The second-order valence-corrected chi connectivity index (χ2v) is 4.72. The van der Waals surface area contributed by atoms with Gasteiger partial charge in [0.1, 0.15) is 5.82 Å². The van der Waals surface area contributed by atoms with Gasteiger partial charge in [-0.2, -0.15) is 0 Å². The summed E-state index contributed by atoms with van der Waals surface area (Å²) in [5.74, 6) is 1.72. The maximum absolute atomic E-state index is 6.16. The molecule has 1 aliphatic carbocycles. The molecule has 2 heterocycles. The molecule has 0 bridgehead atoms. The van der Waals surface area contributed by atoms with Crippen LogP contribution in [0, 0.1) is 0 Å². The van der Waals surface area contributed by atoms with Crippen molar-refractivity contribution in [2.24, 2.45) is 5.73 Å². The van der Waals surface area contributed by atoms with Crippen LogP contribution in [0.25, 0.3) is 5.52 Å². The largest absolute Gasteiger partial charge is 0.330 e. The van der Waals surface area contributed by atoms with E-state index in [-0.39, 0.29) is 0 Å². The average molecular weight is 236 g/mol. The summed E-state index contributed by atoms with van der Waals surface area (Å²) in [5, 5.41) is 0.612. The van der Waals surface area contributed by atoms with Crippen LogP contribution in [0.1, 0.15) is 30.1 Å². The molecule has 0 aromatic carbocycles. The second kappa shape index (κ2) is 3.75. The first-order valence-corrected chi connectivity index (χ1v) is 6.04. The van der Waals surface area contributed by atoms with Crippen LogP contribution in [0.2, 0.25) is 5.15 Å². The van der Waals surface area contributed by atoms with Gasteiger partial charge in [0.15, 0.2) is 5.15 Å². The van der Waals surface area contributed by atoms with Gasteiger partial charge >= 0.3 is 0 Å². The van der Waals surface area contributed by atoms with E-state index in [9.17, 15) is 0 Å². The van der Waals surface area contributed by atoms with Crippen molar-refractivity contribution >= 4 is 17.1 Å². The number of nitrogens with zero attached hydrogens (tertiary/aromatic N) is 2. The van der Waals surface area contributed by atoms with Gasteiger partial charge in [-0.05, 0) is 43.5 Å². The number of halogens is 1. The van der Waals surface area contributed by atoms with Gasteiger partial charge in [-0.25, -0.2) is 4.98 Å². The molecule has 2 aromatic rings. The third-order valence-corrected chi connectivity index (χ3v) is 3.34. The van der Waals surface area contributed by atoms with Gasteiger partial charge in [0.05, 0.1) is 5.52 Å². The zero-order chi connectivity index (χ0) is 11.1. The summed E-state index contributed by atoms with van der Waals surface area (Å²) in [6.45, 7) is 0.664. The van der Waals surface area contributed by atoms with Crippen LogP contribution in [0.3, 0.4) is 0 Å². The predicted octanol–water partition coefficient (Wildman–Crippen LogP) is 2.37. The molecule has 1 aliphatic rings. The van der Waals surface area contributed by atoms with E-state index in [2.05, 4.69) is 27.7 Å². The zero-order valence-electron chi connectivity index (χ0n) is 8.99. The number of aromatic nitrogens is 2. The van der Waals surface area contributed by atoms with Crippen molar-refractivity contribution in [3.63, 3.8) is 0 Å². The molecule has 2 N–H and O–H groups in total. The molecular weight excluding hydrogens is 222 g/mol. The van der Waals surface area contributed by atoms with E-state index in [0.717, 1.165) is 17.8 Å². The Bertz CT molecular complexity index is 528. The summed E-state index contributed by atoms with van der Waals surface area (Å²) < 4.78 is 2.11. The third-order valence-electron chi connectivity index (χ3n) is 3.07. The predicted molar refractivity (Wildman–Crippen MR) is 64.9 cm³/mol. The lowest BCUT2D eigenvalue weighted by Gasteiger charge is -2.02. The molecule has 0 saturated heterocycles. The second-order valence-electron chi connectivity index (χ2n) is 4.36. The molecule has 0 spiro atoms. The van der Waals surface area contributed by atoms with Crippen molar-refractivity contribution in [1.82, 2.24) is 9.38 Å². The molecule has 0 aliphatic heterocycles. The summed E-state index contributed by atoms with van der Waals surface area (Å²) in [6, 6.07) is 4.19. The van der Waals surface area contributed by atoms with Crippen molar-refractivity contribution in [2.45, 2.75) is 25.2 Å². The van der Waals surface area contributed by atoms with Gasteiger partial charge < -0.3 is 10.1 Å². The van der Waals surface area contributed by atoms with Gasteiger partial charge in [-0.3, -0.25) is 0 Å². The molecule has 84 valence electrons. The van der Waals surface area contributed by atoms with Gasteiger partial charge in [0.2, 0.25) is 0 Å². The number of pyridine rings is 1. The van der Waals surface area contributed by atoms with Crippen molar-refractivity contribution in [1.29, 1.82) is 0 Å². The number of hydrogen-bond donors (Lipinski definition) is 1. The first-order chi connectivity index (χ1) is 7.79. The molecule has 4 heteroatoms. The van der Waals surface area contributed by atoms with Crippen LogP contribution in [-0.2, 0) is 6.42 Å². The number of nitrogens with two attached hydrogens (primary N) is 1. The van der Waals surface area contributed by atoms with Crippen molar-refractivity contribution in [2.75, 3.05) is 6.54 Å². The quantitative estimate of drug-likeness (QED) is 0.888. The number of fused-ring (bicyclic) bond motifs is 1.